The number of rotatable bonds is 5. The molecule has 8 aromatic rings. The number of nitrogens with zero attached hydrogens (tertiary/aromatic N) is 4. The summed E-state index contributed by atoms with van der Waals surface area (Å²) in [6.07, 6.45) is 0. The van der Waals surface area contributed by atoms with Gasteiger partial charge < -0.3 is 0 Å². The zero-order valence-corrected chi connectivity index (χ0v) is 28.3. The second kappa shape index (κ2) is 12.0. The van der Waals surface area contributed by atoms with Gasteiger partial charge in [0.15, 0.2) is 17.5 Å². The first-order chi connectivity index (χ1) is 25.0. The number of nitriles is 1. The molecule has 4 heteroatoms. The molecule has 0 saturated carbocycles. The highest BCUT2D eigenvalue weighted by atomic mass is 15.0. The lowest BCUT2D eigenvalue weighted by molar-refractivity contribution is 0.666. The summed E-state index contributed by atoms with van der Waals surface area (Å²) in [6.45, 7) is 4.60. The van der Waals surface area contributed by atoms with Gasteiger partial charge in [-0.1, -0.05) is 141 Å². The fourth-order valence-corrected chi connectivity index (χ4v) is 7.64. The second-order valence-corrected chi connectivity index (χ2v) is 13.6. The quantitative estimate of drug-likeness (QED) is 0.186. The molecular weight excluding hydrogens is 621 g/mol. The largest absolute Gasteiger partial charge is 0.208 e. The van der Waals surface area contributed by atoms with Crippen LogP contribution in [0.3, 0.4) is 0 Å². The van der Waals surface area contributed by atoms with Crippen molar-refractivity contribution in [3.63, 3.8) is 0 Å². The van der Waals surface area contributed by atoms with E-state index in [9.17, 15) is 5.26 Å². The van der Waals surface area contributed by atoms with Gasteiger partial charge in [0.2, 0.25) is 0 Å². The summed E-state index contributed by atoms with van der Waals surface area (Å²) in [4.78, 5) is 14.8. The van der Waals surface area contributed by atoms with E-state index in [0.717, 1.165) is 44.2 Å². The molecule has 1 aliphatic rings. The lowest BCUT2D eigenvalue weighted by atomic mass is 9.79. The van der Waals surface area contributed by atoms with Gasteiger partial charge in [0.05, 0.1) is 11.6 Å². The lowest BCUT2D eigenvalue weighted by Gasteiger charge is -2.24. The lowest BCUT2D eigenvalue weighted by Crippen LogP contribution is -2.15. The standard InChI is InChI=1S/C47H32N4/c1-47(2)41-22-10-9-21-38(41)42-39(28-36-24-23-30(29-48)25-40(36)43(42)47)35-19-11-17-33(26-35)34-18-12-20-37(27-34)46-50-44(31-13-5-3-6-14-31)49-45(51-46)32-15-7-4-8-16-32/h3-28H,1-2H3. The Morgan fingerprint density at radius 1 is 0.471 bits per heavy atom. The van der Waals surface area contributed by atoms with Crippen LogP contribution in [-0.2, 0) is 5.41 Å². The van der Waals surface area contributed by atoms with Crippen LogP contribution < -0.4 is 0 Å². The minimum Gasteiger partial charge on any atom is -0.208 e. The number of hydrogen-bond acceptors (Lipinski definition) is 4. The van der Waals surface area contributed by atoms with Crippen LogP contribution in [0.2, 0.25) is 0 Å². The Morgan fingerprint density at radius 2 is 1.00 bits per heavy atom. The summed E-state index contributed by atoms with van der Waals surface area (Å²) >= 11 is 0. The maximum absolute atomic E-state index is 9.78. The smallest absolute Gasteiger partial charge is 0.164 e. The van der Waals surface area contributed by atoms with Gasteiger partial charge in [0, 0.05) is 22.1 Å². The third-order valence-electron chi connectivity index (χ3n) is 10.1. The van der Waals surface area contributed by atoms with Crippen LogP contribution >= 0.6 is 0 Å². The molecule has 4 nitrogen and oxygen atoms in total. The first-order valence-corrected chi connectivity index (χ1v) is 17.2. The van der Waals surface area contributed by atoms with Crippen LogP contribution in [0.4, 0.5) is 0 Å². The van der Waals surface area contributed by atoms with Gasteiger partial charge in [0.25, 0.3) is 0 Å². The van der Waals surface area contributed by atoms with Crippen molar-refractivity contribution in [2.24, 2.45) is 0 Å². The molecule has 0 atom stereocenters. The minimum atomic E-state index is -0.220. The molecule has 0 unspecified atom stereocenters. The van der Waals surface area contributed by atoms with Crippen LogP contribution in [0.1, 0.15) is 30.5 Å². The highest BCUT2D eigenvalue weighted by molar-refractivity contribution is 6.05. The van der Waals surface area contributed by atoms with Crippen molar-refractivity contribution >= 4 is 10.8 Å². The molecule has 0 spiro atoms. The molecule has 1 heterocycles. The molecule has 0 N–H and O–H groups in total. The molecule has 9 rings (SSSR count). The normalized spacial score (nSPS) is 12.6. The Morgan fingerprint density at radius 3 is 1.65 bits per heavy atom. The van der Waals surface area contributed by atoms with Crippen molar-refractivity contribution in [2.45, 2.75) is 19.3 Å². The maximum atomic E-state index is 9.78. The minimum absolute atomic E-state index is 0.220. The molecule has 0 bridgehead atoms. The Labute approximate surface area is 297 Å². The monoisotopic (exact) mass is 652 g/mol. The first-order valence-electron chi connectivity index (χ1n) is 17.2. The summed E-state index contributed by atoms with van der Waals surface area (Å²) in [7, 11) is 0. The zero-order valence-electron chi connectivity index (χ0n) is 28.3. The number of fused-ring (bicyclic) bond motifs is 5. The zero-order chi connectivity index (χ0) is 34.5. The Balaban J connectivity index is 1.19. The molecule has 0 saturated heterocycles. The molecule has 7 aromatic carbocycles. The van der Waals surface area contributed by atoms with E-state index in [-0.39, 0.29) is 5.41 Å². The van der Waals surface area contributed by atoms with E-state index < -0.39 is 0 Å². The molecule has 1 aliphatic carbocycles. The first kappa shape index (κ1) is 30.4. The van der Waals surface area contributed by atoms with Crippen molar-refractivity contribution in [3.8, 4) is 73.6 Å². The third-order valence-corrected chi connectivity index (χ3v) is 10.1. The topological polar surface area (TPSA) is 62.5 Å². The summed E-state index contributed by atoms with van der Waals surface area (Å²) in [5, 5.41) is 12.1. The van der Waals surface area contributed by atoms with Crippen LogP contribution in [0.5, 0.6) is 0 Å². The van der Waals surface area contributed by atoms with Gasteiger partial charge in [-0.3, -0.25) is 0 Å². The predicted octanol–water partition coefficient (Wildman–Crippen LogP) is 11.5. The van der Waals surface area contributed by atoms with Gasteiger partial charge in [0.1, 0.15) is 0 Å². The SMILES string of the molecule is CC1(C)c2ccccc2-c2c(-c3cccc(-c4cccc(-c5nc(-c6ccccc6)nc(-c6ccccc6)n5)c4)c3)cc3ccc(C#N)cc3c21. The molecule has 51 heavy (non-hydrogen) atoms. The number of benzene rings is 7. The van der Waals surface area contributed by atoms with E-state index in [2.05, 4.69) is 111 Å². The highest BCUT2D eigenvalue weighted by Gasteiger charge is 2.38. The van der Waals surface area contributed by atoms with Gasteiger partial charge in [-0.05, 0) is 85.6 Å². The molecule has 1 aromatic heterocycles. The van der Waals surface area contributed by atoms with Crippen molar-refractivity contribution in [1.29, 1.82) is 5.26 Å². The fraction of sp³-hybridized carbons (Fsp3) is 0.0638. The summed E-state index contributed by atoms with van der Waals surface area (Å²) in [5.74, 6) is 1.91. The predicted molar refractivity (Wildman–Crippen MR) is 207 cm³/mol. The van der Waals surface area contributed by atoms with Gasteiger partial charge in [-0.2, -0.15) is 5.26 Å². The van der Waals surface area contributed by atoms with Gasteiger partial charge in [-0.25, -0.2) is 15.0 Å². The molecule has 0 radical (unpaired) electrons. The second-order valence-electron chi connectivity index (χ2n) is 13.6. The third kappa shape index (κ3) is 5.19. The summed E-state index contributed by atoms with van der Waals surface area (Å²) in [5.41, 5.74) is 12.9. The van der Waals surface area contributed by atoms with Crippen LogP contribution in [0.25, 0.3) is 78.3 Å². The van der Waals surface area contributed by atoms with Crippen molar-refractivity contribution < 1.29 is 0 Å². The summed E-state index contributed by atoms with van der Waals surface area (Å²) in [6, 6.07) is 56.8. The van der Waals surface area contributed by atoms with Crippen molar-refractivity contribution in [3.05, 3.63) is 174 Å². The molecule has 0 aliphatic heterocycles. The maximum Gasteiger partial charge on any atom is 0.164 e. The Kier molecular flexibility index (Phi) is 7.15. The highest BCUT2D eigenvalue weighted by Crippen LogP contribution is 2.55. The van der Waals surface area contributed by atoms with E-state index in [1.807, 2.05) is 66.7 Å². The summed E-state index contributed by atoms with van der Waals surface area (Å²) < 4.78 is 0. The Hall–Kier alpha value is -6.70. The molecular formula is C47H32N4. The van der Waals surface area contributed by atoms with E-state index in [1.54, 1.807) is 0 Å². The Bertz CT molecular complexity index is 2610. The van der Waals surface area contributed by atoms with Gasteiger partial charge in [-0.15, -0.1) is 0 Å². The number of hydrogen-bond donors (Lipinski definition) is 0. The van der Waals surface area contributed by atoms with E-state index in [4.69, 9.17) is 15.0 Å². The van der Waals surface area contributed by atoms with Crippen molar-refractivity contribution in [2.75, 3.05) is 0 Å². The van der Waals surface area contributed by atoms with E-state index >= 15 is 0 Å². The molecule has 0 fully saturated rings. The molecule has 240 valence electrons. The molecule has 0 amide bonds. The van der Waals surface area contributed by atoms with Crippen molar-refractivity contribution in [1.82, 2.24) is 15.0 Å². The average Bonchev–Trinajstić information content (AvgIpc) is 3.44. The number of aromatic nitrogens is 3. The average molecular weight is 653 g/mol. The fourth-order valence-electron chi connectivity index (χ4n) is 7.64. The van der Waals surface area contributed by atoms with Crippen LogP contribution in [0, 0.1) is 11.3 Å². The van der Waals surface area contributed by atoms with E-state index in [0.29, 0.717) is 23.0 Å². The van der Waals surface area contributed by atoms with Crippen LogP contribution in [0.15, 0.2) is 158 Å². The van der Waals surface area contributed by atoms with Gasteiger partial charge >= 0.3 is 0 Å². The van der Waals surface area contributed by atoms with E-state index in [1.165, 1.54) is 27.8 Å². The van der Waals surface area contributed by atoms with Crippen LogP contribution in [-0.4, -0.2) is 15.0 Å².